The number of thioether (sulfide) groups is 1. The first kappa shape index (κ1) is 11.7. The fourth-order valence-electron chi connectivity index (χ4n) is 1.73. The van der Waals surface area contributed by atoms with Crippen LogP contribution in [0.15, 0.2) is 18.2 Å². The third kappa shape index (κ3) is 2.15. The zero-order valence-corrected chi connectivity index (χ0v) is 10.6. The van der Waals surface area contributed by atoms with Gasteiger partial charge in [-0.1, -0.05) is 6.07 Å². The summed E-state index contributed by atoms with van der Waals surface area (Å²) < 4.78 is 16.0. The minimum absolute atomic E-state index is 0.243. The van der Waals surface area contributed by atoms with Crippen molar-refractivity contribution in [3.8, 4) is 0 Å². The molecule has 0 unspecified atom stereocenters. The first-order chi connectivity index (χ1) is 7.74. The highest BCUT2D eigenvalue weighted by Gasteiger charge is 2.07. The summed E-state index contributed by atoms with van der Waals surface area (Å²) in [6, 6.07) is 5.05. The lowest BCUT2D eigenvalue weighted by molar-refractivity contribution is 0.637. The van der Waals surface area contributed by atoms with Gasteiger partial charge in [0, 0.05) is 6.54 Å². The Kier molecular flexibility index (Phi) is 3.66. The molecule has 0 bridgehead atoms. The Morgan fingerprint density at radius 1 is 1.50 bits per heavy atom. The van der Waals surface area contributed by atoms with Crippen LogP contribution in [-0.2, 0) is 6.54 Å². The maximum Gasteiger partial charge on any atom is 0.178 e. The lowest BCUT2D eigenvalue weighted by Crippen LogP contribution is -1.98. The third-order valence-electron chi connectivity index (χ3n) is 2.49. The molecule has 86 valence electrons. The van der Waals surface area contributed by atoms with Gasteiger partial charge in [0.05, 0.1) is 5.52 Å². The lowest BCUT2D eigenvalue weighted by Gasteiger charge is -2.03. The number of imidazole rings is 1. The van der Waals surface area contributed by atoms with E-state index in [0.717, 1.165) is 24.2 Å². The van der Waals surface area contributed by atoms with E-state index in [2.05, 4.69) is 11.2 Å². The van der Waals surface area contributed by atoms with Crippen molar-refractivity contribution in [2.45, 2.75) is 13.0 Å². The summed E-state index contributed by atoms with van der Waals surface area (Å²) in [7, 11) is 0. The largest absolute Gasteiger partial charge is 0.328 e. The van der Waals surface area contributed by atoms with Gasteiger partial charge in [-0.05, 0) is 42.8 Å². The predicted octanol–water partition coefficient (Wildman–Crippen LogP) is 3.59. The van der Waals surface area contributed by atoms with Crippen LogP contribution in [-0.4, -0.2) is 21.6 Å². The molecule has 0 aliphatic rings. The number of rotatable bonds is 4. The van der Waals surface area contributed by atoms with Gasteiger partial charge in [0.2, 0.25) is 0 Å². The maximum atomic E-state index is 13.5. The molecule has 0 aliphatic carbocycles. The van der Waals surface area contributed by atoms with Gasteiger partial charge < -0.3 is 9.55 Å². The second kappa shape index (κ2) is 5.01. The predicted molar refractivity (Wildman–Crippen MR) is 70.1 cm³/mol. The van der Waals surface area contributed by atoms with E-state index in [9.17, 15) is 4.39 Å². The minimum Gasteiger partial charge on any atom is -0.328 e. The molecule has 0 saturated carbocycles. The summed E-state index contributed by atoms with van der Waals surface area (Å²) in [5.74, 6) is 0.844. The van der Waals surface area contributed by atoms with Crippen molar-refractivity contribution in [2.24, 2.45) is 0 Å². The van der Waals surface area contributed by atoms with Crippen LogP contribution >= 0.6 is 24.0 Å². The summed E-state index contributed by atoms with van der Waals surface area (Å²) in [5, 5.41) is 0. The number of H-pyrrole nitrogens is 1. The second-order valence-corrected chi connectivity index (χ2v) is 4.93. The molecule has 2 rings (SSSR count). The van der Waals surface area contributed by atoms with Crippen LogP contribution in [0.1, 0.15) is 6.42 Å². The molecule has 0 spiro atoms. The van der Waals surface area contributed by atoms with Crippen molar-refractivity contribution < 1.29 is 4.39 Å². The van der Waals surface area contributed by atoms with Crippen LogP contribution < -0.4 is 0 Å². The number of hydrogen-bond acceptors (Lipinski definition) is 2. The molecule has 16 heavy (non-hydrogen) atoms. The Labute approximate surface area is 103 Å². The quantitative estimate of drug-likeness (QED) is 0.666. The Bertz CT molecular complexity index is 544. The van der Waals surface area contributed by atoms with Crippen molar-refractivity contribution in [2.75, 3.05) is 12.0 Å². The molecule has 1 aromatic heterocycles. The fraction of sp³-hybridized carbons (Fsp3) is 0.364. The van der Waals surface area contributed by atoms with E-state index in [1.165, 1.54) is 6.07 Å². The summed E-state index contributed by atoms with van der Waals surface area (Å²) in [5.41, 5.74) is 1.36. The molecule has 0 radical (unpaired) electrons. The smallest absolute Gasteiger partial charge is 0.178 e. The van der Waals surface area contributed by atoms with E-state index in [1.54, 1.807) is 17.8 Å². The summed E-state index contributed by atoms with van der Waals surface area (Å²) in [4.78, 5) is 2.92. The van der Waals surface area contributed by atoms with Crippen molar-refractivity contribution in [3.05, 3.63) is 28.8 Å². The van der Waals surface area contributed by atoms with Gasteiger partial charge in [-0.3, -0.25) is 0 Å². The van der Waals surface area contributed by atoms with Gasteiger partial charge in [0.15, 0.2) is 4.77 Å². The van der Waals surface area contributed by atoms with Crippen LogP contribution in [0, 0.1) is 10.6 Å². The number of fused-ring (bicyclic) bond motifs is 1. The molecular weight excluding hydrogens is 243 g/mol. The number of benzene rings is 1. The van der Waals surface area contributed by atoms with Crippen LogP contribution in [0.5, 0.6) is 0 Å². The normalized spacial score (nSPS) is 11.1. The van der Waals surface area contributed by atoms with Crippen molar-refractivity contribution in [1.82, 2.24) is 9.55 Å². The number of aryl methyl sites for hydroxylation is 1. The van der Waals surface area contributed by atoms with Crippen LogP contribution in [0.2, 0.25) is 0 Å². The van der Waals surface area contributed by atoms with Crippen molar-refractivity contribution in [1.29, 1.82) is 0 Å². The number of hydrogen-bond donors (Lipinski definition) is 1. The number of nitrogens with zero attached hydrogens (tertiary/aromatic N) is 1. The number of aromatic nitrogens is 2. The molecular formula is C11H13FN2S2. The molecule has 1 aromatic carbocycles. The number of nitrogens with one attached hydrogen (secondary N) is 1. The molecule has 0 saturated heterocycles. The van der Waals surface area contributed by atoms with E-state index < -0.39 is 0 Å². The summed E-state index contributed by atoms with van der Waals surface area (Å²) >= 11 is 7.00. The average molecular weight is 256 g/mol. The monoisotopic (exact) mass is 256 g/mol. The molecule has 1 heterocycles. The van der Waals surface area contributed by atoms with Gasteiger partial charge >= 0.3 is 0 Å². The van der Waals surface area contributed by atoms with Gasteiger partial charge in [0.25, 0.3) is 0 Å². The zero-order chi connectivity index (χ0) is 11.5. The topological polar surface area (TPSA) is 20.7 Å². The highest BCUT2D eigenvalue weighted by Crippen LogP contribution is 2.17. The molecule has 2 nitrogen and oxygen atoms in total. The Morgan fingerprint density at radius 2 is 2.31 bits per heavy atom. The van der Waals surface area contributed by atoms with E-state index in [-0.39, 0.29) is 5.82 Å². The average Bonchev–Trinajstić information content (AvgIpc) is 2.58. The highest BCUT2D eigenvalue weighted by molar-refractivity contribution is 7.98. The standard InChI is InChI=1S/C11H13FN2S2/c1-16-7-3-6-14-9-5-2-4-8(12)10(9)13-11(14)15/h2,4-5H,3,6-7H2,1H3,(H,13,15). The van der Waals surface area contributed by atoms with E-state index in [4.69, 9.17) is 12.2 Å². The Hall–Kier alpha value is -0.810. The maximum absolute atomic E-state index is 13.5. The fourth-order valence-corrected chi connectivity index (χ4v) is 2.44. The van der Waals surface area contributed by atoms with E-state index in [1.807, 2.05) is 10.6 Å². The molecule has 1 N–H and O–H groups in total. The first-order valence-corrected chi connectivity index (χ1v) is 6.90. The summed E-state index contributed by atoms with van der Waals surface area (Å²) in [6.45, 7) is 0.836. The van der Waals surface area contributed by atoms with Crippen LogP contribution in [0.4, 0.5) is 4.39 Å². The van der Waals surface area contributed by atoms with Gasteiger partial charge in [-0.2, -0.15) is 11.8 Å². The Balaban J connectivity index is 2.40. The second-order valence-electron chi connectivity index (χ2n) is 3.56. The zero-order valence-electron chi connectivity index (χ0n) is 9.00. The third-order valence-corrected chi connectivity index (χ3v) is 3.51. The lowest BCUT2D eigenvalue weighted by atomic mass is 10.3. The number of aromatic amines is 1. The van der Waals surface area contributed by atoms with Gasteiger partial charge in [0.1, 0.15) is 11.3 Å². The van der Waals surface area contributed by atoms with Crippen LogP contribution in [0.25, 0.3) is 11.0 Å². The van der Waals surface area contributed by atoms with Gasteiger partial charge in [-0.15, -0.1) is 0 Å². The molecule has 0 aliphatic heterocycles. The first-order valence-electron chi connectivity index (χ1n) is 5.10. The molecule has 0 atom stereocenters. The molecule has 0 fully saturated rings. The van der Waals surface area contributed by atoms with E-state index in [0.29, 0.717) is 10.3 Å². The molecule has 2 aromatic rings. The van der Waals surface area contributed by atoms with Crippen LogP contribution in [0.3, 0.4) is 0 Å². The summed E-state index contributed by atoms with van der Waals surface area (Å²) in [6.07, 6.45) is 3.12. The van der Waals surface area contributed by atoms with Crippen molar-refractivity contribution in [3.63, 3.8) is 0 Å². The van der Waals surface area contributed by atoms with Crippen molar-refractivity contribution >= 4 is 35.0 Å². The minimum atomic E-state index is -0.243. The van der Waals surface area contributed by atoms with Gasteiger partial charge in [-0.25, -0.2) is 4.39 Å². The Morgan fingerprint density at radius 3 is 3.06 bits per heavy atom. The number of para-hydroxylation sites is 1. The molecule has 5 heteroatoms. The number of halogens is 1. The molecule has 0 amide bonds. The SMILES string of the molecule is CSCCCn1c(=S)[nH]c2c(F)cccc21. The van der Waals surface area contributed by atoms with E-state index >= 15 is 0 Å². The highest BCUT2D eigenvalue weighted by atomic mass is 32.2.